The molecule has 0 bridgehead atoms. The van der Waals surface area contributed by atoms with Crippen LogP contribution < -0.4 is 17.0 Å². The molecule has 128 valence electrons. The molecule has 0 amide bonds. The van der Waals surface area contributed by atoms with E-state index in [2.05, 4.69) is 114 Å². The maximum absolute atomic E-state index is 2.34. The Balaban J connectivity index is 0.00000196. The normalized spacial score (nSPS) is 10.2. The Morgan fingerprint density at radius 2 is 1.08 bits per heavy atom. The zero-order valence-corrected chi connectivity index (χ0v) is 15.2. The minimum Gasteiger partial charge on any atom is -1.00 e. The van der Waals surface area contributed by atoms with Crippen molar-refractivity contribution in [3.05, 3.63) is 115 Å². The Labute approximate surface area is 161 Å². The predicted octanol–water partition coefficient (Wildman–Crippen LogP) is 2.36. The minimum atomic E-state index is 0. The van der Waals surface area contributed by atoms with Crippen molar-refractivity contribution in [1.29, 1.82) is 0 Å². The highest BCUT2D eigenvalue weighted by atomic mass is 35.5. The zero-order valence-electron chi connectivity index (χ0n) is 14.4. The fourth-order valence-corrected chi connectivity index (χ4v) is 3.23. The highest BCUT2D eigenvalue weighted by molar-refractivity contribution is 5.78. The summed E-state index contributed by atoms with van der Waals surface area (Å²) in [6, 6.07) is 36.2. The van der Waals surface area contributed by atoms with Crippen LogP contribution in [0.1, 0.15) is 5.56 Å². The maximum Gasteiger partial charge on any atom is 0.220 e. The van der Waals surface area contributed by atoms with E-state index in [1.54, 1.807) is 0 Å². The number of hydrogen-bond acceptors (Lipinski definition) is 0. The van der Waals surface area contributed by atoms with E-state index in [0.29, 0.717) is 0 Å². The maximum atomic E-state index is 2.34. The Hall–Kier alpha value is -2.90. The molecule has 4 aromatic rings. The molecule has 0 aliphatic heterocycles. The SMILES string of the molecule is [Cl-].c1ccc(C[n+]2cccc(-c3ccccc3)c2-c2ccccc2)cc1. The van der Waals surface area contributed by atoms with Crippen molar-refractivity contribution < 1.29 is 17.0 Å². The van der Waals surface area contributed by atoms with E-state index in [9.17, 15) is 0 Å². The van der Waals surface area contributed by atoms with Gasteiger partial charge < -0.3 is 12.4 Å². The summed E-state index contributed by atoms with van der Waals surface area (Å²) in [5.74, 6) is 0. The van der Waals surface area contributed by atoms with Crippen LogP contribution in [0.2, 0.25) is 0 Å². The number of rotatable bonds is 4. The zero-order chi connectivity index (χ0) is 16.9. The molecule has 0 saturated carbocycles. The van der Waals surface area contributed by atoms with Crippen LogP contribution in [0.5, 0.6) is 0 Å². The second-order valence-electron chi connectivity index (χ2n) is 6.12. The monoisotopic (exact) mass is 357 g/mol. The Bertz CT molecular complexity index is 951. The first-order chi connectivity index (χ1) is 12.4. The molecule has 0 saturated heterocycles. The molecule has 0 aliphatic carbocycles. The summed E-state index contributed by atoms with van der Waals surface area (Å²) < 4.78 is 2.34. The van der Waals surface area contributed by atoms with Gasteiger partial charge in [0.05, 0.1) is 5.56 Å². The van der Waals surface area contributed by atoms with Crippen molar-refractivity contribution in [3.63, 3.8) is 0 Å². The van der Waals surface area contributed by atoms with Crippen molar-refractivity contribution >= 4 is 0 Å². The van der Waals surface area contributed by atoms with E-state index < -0.39 is 0 Å². The second kappa shape index (κ2) is 8.46. The first-order valence-corrected chi connectivity index (χ1v) is 8.59. The van der Waals surface area contributed by atoms with Gasteiger partial charge in [-0.25, -0.2) is 0 Å². The van der Waals surface area contributed by atoms with Crippen LogP contribution in [0.4, 0.5) is 0 Å². The van der Waals surface area contributed by atoms with Crippen LogP contribution in [0.25, 0.3) is 22.4 Å². The van der Waals surface area contributed by atoms with Gasteiger partial charge in [-0.2, -0.15) is 4.57 Å². The van der Waals surface area contributed by atoms with Crippen molar-refractivity contribution in [3.8, 4) is 22.4 Å². The van der Waals surface area contributed by atoms with E-state index in [1.807, 2.05) is 0 Å². The smallest absolute Gasteiger partial charge is 0.220 e. The molecule has 1 nitrogen and oxygen atoms in total. The van der Waals surface area contributed by atoms with Crippen LogP contribution in [0, 0.1) is 0 Å². The van der Waals surface area contributed by atoms with E-state index in [-0.39, 0.29) is 12.4 Å². The largest absolute Gasteiger partial charge is 1.00 e. The molecule has 3 aromatic carbocycles. The average Bonchev–Trinajstić information content (AvgIpc) is 2.70. The van der Waals surface area contributed by atoms with Crippen molar-refractivity contribution in [1.82, 2.24) is 0 Å². The average molecular weight is 358 g/mol. The number of hydrogen-bond donors (Lipinski definition) is 0. The standard InChI is InChI=1S/C24H20N.ClH/c1-4-11-20(12-5-1)19-25-18-10-17-23(21-13-6-2-7-14-21)24(25)22-15-8-3-9-16-22;/h1-18H,19H2;1H/q+1;/p-1. The van der Waals surface area contributed by atoms with Crippen molar-refractivity contribution in [2.75, 3.05) is 0 Å². The molecule has 0 atom stereocenters. The number of pyridine rings is 1. The van der Waals surface area contributed by atoms with Gasteiger partial charge in [0.25, 0.3) is 0 Å². The van der Waals surface area contributed by atoms with Crippen molar-refractivity contribution in [2.24, 2.45) is 0 Å². The number of benzene rings is 3. The molecule has 26 heavy (non-hydrogen) atoms. The number of halogens is 1. The number of nitrogens with zero attached hydrogens (tertiary/aromatic N) is 1. The fourth-order valence-electron chi connectivity index (χ4n) is 3.23. The lowest BCUT2D eigenvalue weighted by atomic mass is 9.98. The van der Waals surface area contributed by atoms with Crippen LogP contribution in [0.3, 0.4) is 0 Å². The van der Waals surface area contributed by atoms with Gasteiger partial charge in [0.2, 0.25) is 5.69 Å². The molecule has 2 heteroatoms. The van der Waals surface area contributed by atoms with Gasteiger partial charge in [0.1, 0.15) is 0 Å². The van der Waals surface area contributed by atoms with E-state index in [0.717, 1.165) is 6.54 Å². The summed E-state index contributed by atoms with van der Waals surface area (Å²) in [6.07, 6.45) is 2.17. The molecule has 0 radical (unpaired) electrons. The third-order valence-corrected chi connectivity index (χ3v) is 4.40. The van der Waals surface area contributed by atoms with Gasteiger partial charge >= 0.3 is 0 Å². The van der Waals surface area contributed by atoms with Gasteiger partial charge in [-0.3, -0.25) is 0 Å². The van der Waals surface area contributed by atoms with Gasteiger partial charge in [-0.1, -0.05) is 78.9 Å². The van der Waals surface area contributed by atoms with E-state index >= 15 is 0 Å². The second-order valence-corrected chi connectivity index (χ2v) is 6.12. The van der Waals surface area contributed by atoms with E-state index in [1.165, 1.54) is 27.9 Å². The lowest BCUT2D eigenvalue weighted by Gasteiger charge is -2.10. The molecule has 0 fully saturated rings. The summed E-state index contributed by atoms with van der Waals surface area (Å²) >= 11 is 0. The first-order valence-electron chi connectivity index (χ1n) is 8.59. The third kappa shape index (κ3) is 3.84. The molecular formula is C24H20ClN. The first kappa shape index (κ1) is 17.9. The van der Waals surface area contributed by atoms with Gasteiger partial charge in [0, 0.05) is 17.2 Å². The van der Waals surface area contributed by atoms with Gasteiger partial charge in [-0.05, 0) is 23.8 Å². The van der Waals surface area contributed by atoms with Gasteiger partial charge in [-0.15, -0.1) is 0 Å². The summed E-state index contributed by atoms with van der Waals surface area (Å²) in [6.45, 7) is 0.853. The Morgan fingerprint density at radius 3 is 1.69 bits per heavy atom. The highest BCUT2D eigenvalue weighted by Gasteiger charge is 2.19. The molecule has 0 unspecified atom stereocenters. The number of aromatic nitrogens is 1. The van der Waals surface area contributed by atoms with Crippen molar-refractivity contribution in [2.45, 2.75) is 6.54 Å². The molecule has 0 N–H and O–H groups in total. The third-order valence-electron chi connectivity index (χ3n) is 4.40. The topological polar surface area (TPSA) is 3.88 Å². The van der Waals surface area contributed by atoms with E-state index in [4.69, 9.17) is 0 Å². The molecule has 1 aromatic heterocycles. The highest BCUT2D eigenvalue weighted by Crippen LogP contribution is 2.29. The summed E-state index contributed by atoms with van der Waals surface area (Å²) in [5.41, 5.74) is 6.28. The van der Waals surface area contributed by atoms with Crippen LogP contribution in [-0.2, 0) is 6.54 Å². The summed E-state index contributed by atoms with van der Waals surface area (Å²) in [7, 11) is 0. The lowest BCUT2D eigenvalue weighted by molar-refractivity contribution is -0.677. The van der Waals surface area contributed by atoms with Crippen LogP contribution >= 0.6 is 0 Å². The minimum absolute atomic E-state index is 0. The lowest BCUT2D eigenvalue weighted by Crippen LogP contribution is -3.00. The fraction of sp³-hybridized carbons (Fsp3) is 0.0417. The quantitative estimate of drug-likeness (QED) is 0.494. The molecule has 0 spiro atoms. The summed E-state index contributed by atoms with van der Waals surface area (Å²) in [4.78, 5) is 0. The molecule has 4 rings (SSSR count). The summed E-state index contributed by atoms with van der Waals surface area (Å²) in [5, 5.41) is 0. The molecule has 1 heterocycles. The van der Waals surface area contributed by atoms with Crippen LogP contribution in [0.15, 0.2) is 109 Å². The van der Waals surface area contributed by atoms with Crippen LogP contribution in [-0.4, -0.2) is 0 Å². The Kier molecular flexibility index (Phi) is 5.83. The predicted molar refractivity (Wildman–Crippen MR) is 103 cm³/mol. The molecular weight excluding hydrogens is 338 g/mol. The molecule has 0 aliphatic rings. The van der Waals surface area contributed by atoms with Gasteiger partial charge in [0.15, 0.2) is 12.7 Å². The Morgan fingerprint density at radius 1 is 0.538 bits per heavy atom.